The van der Waals surface area contributed by atoms with E-state index in [1.165, 1.54) is 18.2 Å². The number of benzene rings is 1. The minimum Gasteiger partial charge on any atom is -0.323 e. The number of nitro benzene ring substituents is 1. The lowest BCUT2D eigenvalue weighted by Crippen LogP contribution is -2.21. The second kappa shape index (κ2) is 4.48. The van der Waals surface area contributed by atoms with Gasteiger partial charge in [0.2, 0.25) is 0 Å². The first-order chi connectivity index (χ1) is 7.31. The van der Waals surface area contributed by atoms with Crippen LogP contribution >= 0.6 is 0 Å². The number of nitrogens with zero attached hydrogens (tertiary/aromatic N) is 1. The van der Waals surface area contributed by atoms with E-state index in [9.17, 15) is 23.3 Å². The van der Waals surface area contributed by atoms with Gasteiger partial charge in [-0.15, -0.1) is 0 Å². The fourth-order valence-electron chi connectivity index (χ4n) is 1.33. The fraction of sp³-hybridized carbons (Fsp3) is 0.333. The van der Waals surface area contributed by atoms with Gasteiger partial charge in [-0.1, -0.05) is 18.2 Å². The van der Waals surface area contributed by atoms with Gasteiger partial charge in [0.25, 0.3) is 5.69 Å². The third-order valence-corrected chi connectivity index (χ3v) is 1.98. The average molecular weight is 234 g/mol. The van der Waals surface area contributed by atoms with Crippen molar-refractivity contribution in [3.05, 3.63) is 39.9 Å². The molecule has 2 N–H and O–H groups in total. The number of rotatable bonds is 3. The lowest BCUT2D eigenvalue weighted by Gasteiger charge is -2.14. The van der Waals surface area contributed by atoms with Crippen molar-refractivity contribution in [2.75, 3.05) is 0 Å². The summed E-state index contributed by atoms with van der Waals surface area (Å²) in [5, 5.41) is 10.6. The van der Waals surface area contributed by atoms with E-state index in [1.807, 2.05) is 0 Å². The van der Waals surface area contributed by atoms with Crippen molar-refractivity contribution in [3.8, 4) is 0 Å². The summed E-state index contributed by atoms with van der Waals surface area (Å²) in [7, 11) is 0. The maximum atomic E-state index is 12.1. The van der Waals surface area contributed by atoms with Gasteiger partial charge in [-0.2, -0.15) is 13.2 Å². The Labute approximate surface area is 89.0 Å². The Morgan fingerprint density at radius 3 is 2.44 bits per heavy atom. The Morgan fingerprint density at radius 2 is 1.94 bits per heavy atom. The smallest absolute Gasteiger partial charge is 0.323 e. The van der Waals surface area contributed by atoms with Gasteiger partial charge in [0.15, 0.2) is 0 Å². The Kier molecular flexibility index (Phi) is 3.48. The number of halogens is 3. The van der Waals surface area contributed by atoms with Crippen molar-refractivity contribution in [1.29, 1.82) is 0 Å². The third-order valence-electron chi connectivity index (χ3n) is 1.98. The van der Waals surface area contributed by atoms with Crippen molar-refractivity contribution in [2.24, 2.45) is 5.73 Å². The molecule has 0 saturated carbocycles. The van der Waals surface area contributed by atoms with Gasteiger partial charge in [-0.3, -0.25) is 10.1 Å². The lowest BCUT2D eigenvalue weighted by molar-refractivity contribution is -0.385. The summed E-state index contributed by atoms with van der Waals surface area (Å²) in [5.74, 6) is 0. The highest BCUT2D eigenvalue weighted by molar-refractivity contribution is 5.41. The number of alkyl halides is 3. The summed E-state index contributed by atoms with van der Waals surface area (Å²) in [6, 6.07) is 3.74. The Balaban J connectivity index is 2.99. The molecule has 7 heteroatoms. The van der Waals surface area contributed by atoms with Crippen LogP contribution < -0.4 is 5.73 Å². The minimum absolute atomic E-state index is 0.107. The summed E-state index contributed by atoms with van der Waals surface area (Å²) in [6.45, 7) is 0. The summed E-state index contributed by atoms with van der Waals surface area (Å²) < 4.78 is 36.2. The predicted molar refractivity (Wildman–Crippen MR) is 50.7 cm³/mol. The van der Waals surface area contributed by atoms with E-state index in [2.05, 4.69) is 0 Å². The van der Waals surface area contributed by atoms with Crippen LogP contribution in [-0.4, -0.2) is 11.1 Å². The molecule has 0 bridgehead atoms. The largest absolute Gasteiger partial charge is 0.390 e. The normalized spacial score (nSPS) is 13.5. The highest BCUT2D eigenvalue weighted by Crippen LogP contribution is 2.31. The van der Waals surface area contributed by atoms with Gasteiger partial charge in [0.1, 0.15) is 0 Å². The molecule has 0 aliphatic rings. The first kappa shape index (κ1) is 12.4. The van der Waals surface area contributed by atoms with Gasteiger partial charge in [-0.25, -0.2) is 0 Å². The highest BCUT2D eigenvalue weighted by atomic mass is 19.4. The molecular weight excluding hydrogens is 225 g/mol. The Hall–Kier alpha value is -1.63. The van der Waals surface area contributed by atoms with Crippen LogP contribution in [-0.2, 0) is 0 Å². The molecule has 1 aromatic carbocycles. The van der Waals surface area contributed by atoms with Gasteiger partial charge >= 0.3 is 6.18 Å². The summed E-state index contributed by atoms with van der Waals surface area (Å²) in [6.07, 6.45) is -5.72. The molecule has 4 nitrogen and oxygen atoms in total. The van der Waals surface area contributed by atoms with E-state index >= 15 is 0 Å². The van der Waals surface area contributed by atoms with E-state index in [4.69, 9.17) is 5.73 Å². The topological polar surface area (TPSA) is 69.2 Å². The molecule has 0 amide bonds. The van der Waals surface area contributed by atoms with Crippen molar-refractivity contribution in [3.63, 3.8) is 0 Å². The molecule has 0 aliphatic heterocycles. The monoisotopic (exact) mass is 234 g/mol. The molecule has 0 fully saturated rings. The fourth-order valence-corrected chi connectivity index (χ4v) is 1.33. The number of para-hydroxylation sites is 1. The zero-order valence-electron chi connectivity index (χ0n) is 8.07. The minimum atomic E-state index is -4.44. The summed E-state index contributed by atoms with van der Waals surface area (Å²) >= 11 is 0. The number of hydrogen-bond donors (Lipinski definition) is 1. The molecule has 1 atom stereocenters. The van der Waals surface area contributed by atoms with E-state index in [0.717, 1.165) is 6.07 Å². The van der Waals surface area contributed by atoms with Crippen LogP contribution in [0.2, 0.25) is 0 Å². The number of nitro groups is 1. The molecule has 0 unspecified atom stereocenters. The first-order valence-electron chi connectivity index (χ1n) is 4.37. The molecule has 0 aliphatic carbocycles. The zero-order valence-corrected chi connectivity index (χ0v) is 8.07. The number of hydrogen-bond acceptors (Lipinski definition) is 3. The zero-order chi connectivity index (χ0) is 12.3. The number of nitrogens with two attached hydrogens (primary N) is 1. The Bertz CT molecular complexity index is 393. The van der Waals surface area contributed by atoms with Crippen molar-refractivity contribution in [2.45, 2.75) is 18.6 Å². The Morgan fingerprint density at radius 1 is 1.38 bits per heavy atom. The lowest BCUT2D eigenvalue weighted by atomic mass is 10.0. The molecule has 16 heavy (non-hydrogen) atoms. The van der Waals surface area contributed by atoms with Crippen molar-refractivity contribution >= 4 is 5.69 Å². The molecule has 0 spiro atoms. The average Bonchev–Trinajstić information content (AvgIpc) is 2.15. The van der Waals surface area contributed by atoms with E-state index < -0.39 is 23.6 Å². The van der Waals surface area contributed by atoms with Crippen LogP contribution in [0.25, 0.3) is 0 Å². The van der Waals surface area contributed by atoms with E-state index in [1.54, 1.807) is 0 Å². The molecular formula is C9H9F3N2O2. The van der Waals surface area contributed by atoms with Crippen molar-refractivity contribution < 1.29 is 18.1 Å². The van der Waals surface area contributed by atoms with Gasteiger partial charge < -0.3 is 5.73 Å². The predicted octanol–water partition coefficient (Wildman–Crippen LogP) is 2.55. The van der Waals surface area contributed by atoms with E-state index in [0.29, 0.717) is 0 Å². The van der Waals surface area contributed by atoms with Crippen LogP contribution in [0.3, 0.4) is 0 Å². The molecule has 88 valence electrons. The standard InChI is InChI=1S/C9H9F3N2O2/c10-9(11,12)5-7(13)6-3-1-2-4-8(6)14(15)16/h1-4,7H,5,13H2/t7-/m1/s1. The van der Waals surface area contributed by atoms with Crippen LogP contribution in [0.15, 0.2) is 24.3 Å². The second-order valence-electron chi connectivity index (χ2n) is 3.24. The highest BCUT2D eigenvalue weighted by Gasteiger charge is 2.33. The van der Waals surface area contributed by atoms with Gasteiger partial charge in [-0.05, 0) is 0 Å². The molecule has 1 aromatic rings. The molecule has 0 heterocycles. The van der Waals surface area contributed by atoms with Gasteiger partial charge in [0, 0.05) is 17.7 Å². The molecule has 0 radical (unpaired) electrons. The summed E-state index contributed by atoms with van der Waals surface area (Å²) in [5.41, 5.74) is 4.80. The maximum Gasteiger partial charge on any atom is 0.390 e. The van der Waals surface area contributed by atoms with Gasteiger partial charge in [0.05, 0.1) is 11.3 Å². The molecule has 0 saturated heterocycles. The van der Waals surface area contributed by atoms with Crippen LogP contribution in [0, 0.1) is 10.1 Å². The van der Waals surface area contributed by atoms with Crippen LogP contribution in [0.5, 0.6) is 0 Å². The van der Waals surface area contributed by atoms with Crippen molar-refractivity contribution in [1.82, 2.24) is 0 Å². The third kappa shape index (κ3) is 3.20. The van der Waals surface area contributed by atoms with E-state index in [-0.39, 0.29) is 11.3 Å². The van der Waals surface area contributed by atoms with Crippen LogP contribution in [0.4, 0.5) is 18.9 Å². The molecule has 1 rings (SSSR count). The summed E-state index contributed by atoms with van der Waals surface area (Å²) in [4.78, 5) is 9.82. The SMILES string of the molecule is N[C@H](CC(F)(F)F)c1ccccc1[N+](=O)[O-]. The maximum absolute atomic E-state index is 12.1. The van der Waals surface area contributed by atoms with Crippen LogP contribution in [0.1, 0.15) is 18.0 Å². The first-order valence-corrected chi connectivity index (χ1v) is 4.37. The molecule has 0 aromatic heterocycles. The second-order valence-corrected chi connectivity index (χ2v) is 3.24. The quantitative estimate of drug-likeness (QED) is 0.645.